The number of aliphatic hydroxyl groups excluding tert-OH is 2. The molecule has 2 bridgehead atoms. The highest BCUT2D eigenvalue weighted by atomic mass is 31.2. The zero-order chi connectivity index (χ0) is 22.6. The highest BCUT2D eigenvalue weighted by Gasteiger charge is 2.52. The summed E-state index contributed by atoms with van der Waals surface area (Å²) in [5.41, 5.74) is 5.12. The first-order valence-corrected chi connectivity index (χ1v) is 12.2. The molecule has 4 aliphatic heterocycles. The number of nitrogens with two attached hydrogens (primary N) is 1. The summed E-state index contributed by atoms with van der Waals surface area (Å²) in [6.45, 7) is 0.116. The molecule has 176 valence electrons. The Kier molecular flexibility index (Phi) is 7.90. The first-order valence-electron chi connectivity index (χ1n) is 10.7. The summed E-state index contributed by atoms with van der Waals surface area (Å²) in [5.74, 6) is 0.413. The number of fused-ring (bicyclic) bond motifs is 1. The molecule has 4 rings (SSSR count). The molecule has 0 aromatic rings. The van der Waals surface area contributed by atoms with Crippen molar-refractivity contribution in [3.8, 4) is 0 Å². The molecule has 0 aliphatic carbocycles. The lowest BCUT2D eigenvalue weighted by Gasteiger charge is -2.43. The smallest absolute Gasteiger partial charge is 0.388 e. The average Bonchev–Trinajstić information content (AvgIpc) is 2.83. The summed E-state index contributed by atoms with van der Waals surface area (Å²) in [7, 11) is -4.65. The summed E-state index contributed by atoms with van der Waals surface area (Å²) < 4.78 is 20.6. The van der Waals surface area contributed by atoms with Crippen LogP contribution in [-0.4, -0.2) is 79.7 Å². The molecule has 6 N–H and O–H groups in total. The van der Waals surface area contributed by atoms with Crippen LogP contribution < -0.4 is 5.73 Å². The van der Waals surface area contributed by atoms with E-state index in [1.54, 1.807) is 17.2 Å². The number of phosphoric acid groups is 1. The maximum atomic E-state index is 12.2. The fraction of sp³-hybridized carbons (Fsp3) is 0.789. The molecular formula is C19H32N3O8P. The number of hydrogen-bond acceptors (Lipinski definition) is 8. The largest absolute Gasteiger partial charge is 0.469 e. The van der Waals surface area contributed by atoms with Gasteiger partial charge in [0.15, 0.2) is 5.54 Å². The molecule has 0 spiro atoms. The minimum Gasteiger partial charge on any atom is -0.388 e. The topological polar surface area (TPSA) is 175 Å². The van der Waals surface area contributed by atoms with Gasteiger partial charge in [0.1, 0.15) is 24.1 Å². The van der Waals surface area contributed by atoms with Gasteiger partial charge in [-0.15, -0.1) is 0 Å². The Bertz CT molecular complexity index is 756. The average molecular weight is 461 g/mol. The second-order valence-corrected chi connectivity index (χ2v) is 9.70. The number of carbonyl (C=O) groups excluding carboxylic acids is 1. The first-order chi connectivity index (χ1) is 14.6. The van der Waals surface area contributed by atoms with Crippen molar-refractivity contribution in [2.45, 2.75) is 81.3 Å². The zero-order valence-corrected chi connectivity index (χ0v) is 18.3. The highest BCUT2D eigenvalue weighted by molar-refractivity contribution is 7.46. The Morgan fingerprint density at radius 2 is 1.81 bits per heavy atom. The van der Waals surface area contributed by atoms with Crippen molar-refractivity contribution in [3.05, 3.63) is 12.3 Å². The molecule has 11 nitrogen and oxygen atoms in total. The first kappa shape index (κ1) is 24.3. The minimum absolute atomic E-state index is 0.0195. The van der Waals surface area contributed by atoms with Gasteiger partial charge >= 0.3 is 7.82 Å². The van der Waals surface area contributed by atoms with Crippen molar-refractivity contribution in [1.29, 1.82) is 0 Å². The van der Waals surface area contributed by atoms with Gasteiger partial charge in [-0.3, -0.25) is 14.3 Å². The molecule has 2 saturated heterocycles. The number of hydrogen-bond donors (Lipinski definition) is 5. The quantitative estimate of drug-likeness (QED) is 0.154. The lowest BCUT2D eigenvalue weighted by atomic mass is 9.84. The van der Waals surface area contributed by atoms with Crippen LogP contribution in [0.5, 0.6) is 0 Å². The van der Waals surface area contributed by atoms with Crippen LogP contribution in [0.15, 0.2) is 17.3 Å². The molecule has 0 aromatic heterocycles. The maximum absolute atomic E-state index is 12.2. The van der Waals surface area contributed by atoms with Crippen molar-refractivity contribution in [3.63, 3.8) is 0 Å². The third-order valence-electron chi connectivity index (χ3n) is 6.06. The molecular weight excluding hydrogens is 429 g/mol. The van der Waals surface area contributed by atoms with Crippen LogP contribution in [-0.2, 0) is 18.6 Å². The van der Waals surface area contributed by atoms with E-state index in [0.29, 0.717) is 25.2 Å². The number of amides is 1. The van der Waals surface area contributed by atoms with Crippen molar-refractivity contribution in [1.82, 2.24) is 4.90 Å². The van der Waals surface area contributed by atoms with Gasteiger partial charge in [0, 0.05) is 6.20 Å². The molecule has 0 radical (unpaired) electrons. The molecule has 5 atom stereocenters. The Hall–Kier alpha value is -1.33. The van der Waals surface area contributed by atoms with E-state index in [4.69, 9.17) is 20.3 Å². The number of rotatable bonds is 12. The van der Waals surface area contributed by atoms with Gasteiger partial charge in [0.25, 0.3) is 5.91 Å². The number of carbonyl (C=O) groups is 1. The summed E-state index contributed by atoms with van der Waals surface area (Å²) in [4.78, 5) is 35.8. The van der Waals surface area contributed by atoms with E-state index < -0.39 is 44.4 Å². The second-order valence-electron chi connectivity index (χ2n) is 8.46. The third-order valence-corrected chi connectivity index (χ3v) is 6.54. The number of aliphatic hydroxyl groups is 2. The Morgan fingerprint density at radius 3 is 2.48 bits per heavy atom. The predicted molar refractivity (Wildman–Crippen MR) is 111 cm³/mol. The summed E-state index contributed by atoms with van der Waals surface area (Å²) in [6, 6.07) is 0. The maximum Gasteiger partial charge on any atom is 0.469 e. The molecule has 2 fully saturated rings. The number of β-lactam (4-membered cyclic amide) rings is 1. The molecule has 0 aromatic carbocycles. The van der Waals surface area contributed by atoms with E-state index in [9.17, 15) is 19.6 Å². The van der Waals surface area contributed by atoms with Gasteiger partial charge < -0.3 is 35.4 Å². The fourth-order valence-corrected chi connectivity index (χ4v) is 4.68. The minimum atomic E-state index is -4.65. The molecule has 4 aliphatic rings. The van der Waals surface area contributed by atoms with Gasteiger partial charge in [-0.2, -0.15) is 0 Å². The molecule has 5 unspecified atom stereocenters. The van der Waals surface area contributed by atoms with E-state index in [1.807, 2.05) is 0 Å². The molecule has 0 saturated carbocycles. The molecule has 12 heteroatoms. The normalized spacial score (nSPS) is 32.7. The van der Waals surface area contributed by atoms with Crippen LogP contribution in [0.1, 0.15) is 51.4 Å². The number of ether oxygens (including phenoxy) is 1. The van der Waals surface area contributed by atoms with Crippen molar-refractivity contribution in [2.75, 3.05) is 13.2 Å². The zero-order valence-electron chi connectivity index (χ0n) is 17.4. The summed E-state index contributed by atoms with van der Waals surface area (Å²) in [6.07, 6.45) is 6.31. The van der Waals surface area contributed by atoms with Crippen molar-refractivity contribution >= 4 is 19.6 Å². The van der Waals surface area contributed by atoms with Gasteiger partial charge in [0.2, 0.25) is 0 Å². The number of phosphoric ester groups is 1. The Balaban J connectivity index is 1.26. The number of amidine groups is 1. The predicted octanol–water partition coefficient (Wildman–Crippen LogP) is 0.171. The van der Waals surface area contributed by atoms with Crippen LogP contribution in [0.4, 0.5) is 0 Å². The number of nitrogens with zero attached hydrogens (tertiary/aromatic N) is 2. The van der Waals surface area contributed by atoms with Crippen molar-refractivity contribution < 1.29 is 38.6 Å². The van der Waals surface area contributed by atoms with E-state index >= 15 is 0 Å². The van der Waals surface area contributed by atoms with Crippen molar-refractivity contribution in [2.24, 2.45) is 10.7 Å². The monoisotopic (exact) mass is 461 g/mol. The summed E-state index contributed by atoms with van der Waals surface area (Å²) in [5, 5.41) is 20.0. The van der Waals surface area contributed by atoms with E-state index in [0.717, 1.165) is 38.5 Å². The van der Waals surface area contributed by atoms with Gasteiger partial charge in [0.05, 0.1) is 19.3 Å². The molecule has 4 heterocycles. The van der Waals surface area contributed by atoms with E-state index in [2.05, 4.69) is 9.52 Å². The third kappa shape index (κ3) is 6.13. The number of aliphatic imine (C=N–C) groups is 1. The van der Waals surface area contributed by atoms with E-state index in [-0.39, 0.29) is 5.91 Å². The van der Waals surface area contributed by atoms with Crippen LogP contribution >= 0.6 is 7.82 Å². The van der Waals surface area contributed by atoms with Crippen LogP contribution in [0.2, 0.25) is 0 Å². The lowest BCUT2D eigenvalue weighted by Crippen LogP contribution is -2.63. The van der Waals surface area contributed by atoms with Crippen LogP contribution in [0.25, 0.3) is 0 Å². The Morgan fingerprint density at radius 1 is 1.16 bits per heavy atom. The second kappa shape index (κ2) is 10.1. The molecule has 1 amide bonds. The van der Waals surface area contributed by atoms with Crippen LogP contribution in [0, 0.1) is 0 Å². The standard InChI is InChI=1S/C19H32N3O8P/c20-15-8-10-22-12-19(21-15,18(22)25)9-6-4-2-1-3-5-7-13-16(23)17(24)14(30-13)11-29-31(26,27)28/h8,10,13-14,16-17,23-24H,1-7,9,11-12H2,(H2,20,21)(H2,26,27,28). The molecule has 31 heavy (non-hydrogen) atoms. The summed E-state index contributed by atoms with van der Waals surface area (Å²) >= 11 is 0. The van der Waals surface area contributed by atoms with Gasteiger partial charge in [-0.25, -0.2) is 4.57 Å². The SMILES string of the molecule is NC1=NC2(CCCCCCCCC3OC(COP(=O)(O)O)C(O)C3O)CN(C=C1)C2=O. The fourth-order valence-electron chi connectivity index (χ4n) is 4.34. The lowest BCUT2D eigenvalue weighted by molar-refractivity contribution is -0.146. The number of unbranched alkanes of at least 4 members (excludes halogenated alkanes) is 5. The highest BCUT2D eigenvalue weighted by Crippen LogP contribution is 2.37. The van der Waals surface area contributed by atoms with Gasteiger partial charge in [-0.1, -0.05) is 38.5 Å². The van der Waals surface area contributed by atoms with Gasteiger partial charge in [-0.05, 0) is 18.9 Å². The van der Waals surface area contributed by atoms with Crippen LogP contribution in [0.3, 0.4) is 0 Å². The van der Waals surface area contributed by atoms with E-state index in [1.165, 1.54) is 0 Å². The Labute approximate surface area is 181 Å².